The molecule has 5 aliphatic heterocycles. The summed E-state index contributed by atoms with van der Waals surface area (Å²) < 4.78 is 48.6. The molecule has 1 spiro atoms. The standard InChI is InChI=1S/C45H72O19/c1-19-7-12-44(57-18-19)20(2)45(56)29(64-44)14-25-23-6-5-21-13-22(8-10-42(21,3)24(23)9-11-43(25,45)4)58-39-36(55)34(53)37(28(17-48)61-39)62-41-38(33(52)31(50)27(16-47)60-41)63-40-35(54)32(51)30(49)26(15-46)59-40/h5,19-20,22-41,46-56H,6-18H2,1-4H3/t19-,20-,22+,23-,24+,25-,26-,27-,28-,29+,30-,31-,32+,33+,34-,35-,36-,37+,38-,39-,40+,41+,42+,43+,44-,45-/m1/s1. The molecule has 366 valence electrons. The molecule has 26 atom stereocenters. The summed E-state index contributed by atoms with van der Waals surface area (Å²) in [5.41, 5.74) is -0.0969. The summed E-state index contributed by atoms with van der Waals surface area (Å²) in [7, 11) is 0. The van der Waals surface area contributed by atoms with Crippen molar-refractivity contribution in [1.82, 2.24) is 0 Å². The van der Waals surface area contributed by atoms with Gasteiger partial charge in [-0.1, -0.05) is 39.3 Å². The Kier molecular flexibility index (Phi) is 13.3. The van der Waals surface area contributed by atoms with Crippen molar-refractivity contribution in [2.24, 2.45) is 40.4 Å². The number of aliphatic hydroxyl groups excluding tert-OH is 10. The first-order valence-electron chi connectivity index (χ1n) is 23.6. The summed E-state index contributed by atoms with van der Waals surface area (Å²) in [4.78, 5) is 0. The van der Waals surface area contributed by atoms with Crippen LogP contribution in [0.15, 0.2) is 11.6 Å². The van der Waals surface area contributed by atoms with Crippen molar-refractivity contribution in [1.29, 1.82) is 0 Å². The summed E-state index contributed by atoms with van der Waals surface area (Å²) in [6, 6.07) is 0. The molecule has 0 aromatic rings. The lowest BCUT2D eigenvalue weighted by Gasteiger charge is -2.60. The van der Waals surface area contributed by atoms with E-state index in [4.69, 9.17) is 37.9 Å². The van der Waals surface area contributed by atoms with E-state index < -0.39 is 123 Å². The third kappa shape index (κ3) is 7.42. The maximum Gasteiger partial charge on any atom is 0.187 e. The third-order valence-electron chi connectivity index (χ3n) is 18.0. The molecule has 5 heterocycles. The van der Waals surface area contributed by atoms with Crippen molar-refractivity contribution >= 4 is 0 Å². The van der Waals surface area contributed by atoms with Gasteiger partial charge in [0.1, 0.15) is 78.8 Å². The first kappa shape index (κ1) is 48.0. The lowest BCUT2D eigenvalue weighted by Crippen LogP contribution is -2.67. The molecular formula is C45H72O19. The molecule has 4 aliphatic carbocycles. The Morgan fingerprint density at radius 1 is 0.656 bits per heavy atom. The Hall–Kier alpha value is -1.02. The lowest BCUT2D eigenvalue weighted by molar-refractivity contribution is -0.390. The quantitative estimate of drug-likeness (QED) is 0.115. The third-order valence-corrected chi connectivity index (χ3v) is 18.0. The maximum absolute atomic E-state index is 12.8. The van der Waals surface area contributed by atoms with Crippen LogP contribution in [0.4, 0.5) is 0 Å². The number of rotatable bonds is 9. The van der Waals surface area contributed by atoms with E-state index >= 15 is 0 Å². The lowest BCUT2D eigenvalue weighted by atomic mass is 9.46. The molecule has 9 aliphatic rings. The van der Waals surface area contributed by atoms with E-state index in [0.717, 1.165) is 44.9 Å². The van der Waals surface area contributed by atoms with Gasteiger partial charge >= 0.3 is 0 Å². The first-order valence-corrected chi connectivity index (χ1v) is 23.6. The summed E-state index contributed by atoms with van der Waals surface area (Å²) in [5, 5.41) is 119. The number of aliphatic hydroxyl groups is 11. The van der Waals surface area contributed by atoms with Crippen molar-refractivity contribution in [3.05, 3.63) is 11.6 Å². The summed E-state index contributed by atoms with van der Waals surface area (Å²) >= 11 is 0. The number of fused-ring (bicyclic) bond motifs is 7. The Bertz CT molecular complexity index is 1680. The molecule has 19 heteroatoms. The van der Waals surface area contributed by atoms with E-state index in [-0.39, 0.29) is 29.0 Å². The van der Waals surface area contributed by atoms with E-state index in [2.05, 4.69) is 33.8 Å². The molecule has 8 fully saturated rings. The SMILES string of the molecule is C[C@@H]1CC[C@@]2(OC1)O[C@H]1C[C@@H]3[C@@H]4CC=C5C[C@@H](O[C@@H]6O[C@H](CO)[C@H](O[C@@H]7O[C@H](CO)[C@@H](O)[C@H](O)[C@H]7O[C@@H]7O[C@H](CO)[C@@H](O)[C@H](O)[C@H]7O)[C@H](O)[C@H]6O)CC[C@]5(C)[C@H]4CC[C@]3(C)[C@@]1(O)[C@@H]2C. The van der Waals surface area contributed by atoms with Gasteiger partial charge in [0.25, 0.3) is 0 Å². The minimum absolute atomic E-state index is 0.0996. The van der Waals surface area contributed by atoms with Crippen molar-refractivity contribution in [3.8, 4) is 0 Å². The fourth-order valence-electron chi connectivity index (χ4n) is 14.0. The zero-order chi connectivity index (χ0) is 45.8. The monoisotopic (exact) mass is 916 g/mol. The molecule has 0 unspecified atom stereocenters. The van der Waals surface area contributed by atoms with Crippen molar-refractivity contribution in [3.63, 3.8) is 0 Å². The van der Waals surface area contributed by atoms with Crippen LogP contribution in [0, 0.1) is 40.4 Å². The van der Waals surface area contributed by atoms with Crippen LogP contribution in [0.3, 0.4) is 0 Å². The van der Waals surface area contributed by atoms with Gasteiger partial charge in [-0.25, -0.2) is 0 Å². The van der Waals surface area contributed by atoms with Crippen LogP contribution >= 0.6 is 0 Å². The number of allylic oxidation sites excluding steroid dienone is 1. The highest BCUT2D eigenvalue weighted by Gasteiger charge is 2.76. The van der Waals surface area contributed by atoms with Crippen molar-refractivity contribution < 1.29 is 94.1 Å². The number of hydrogen-bond donors (Lipinski definition) is 11. The van der Waals surface area contributed by atoms with Gasteiger partial charge < -0.3 is 94.1 Å². The minimum atomic E-state index is -1.90. The molecule has 0 amide bonds. The van der Waals surface area contributed by atoms with Crippen LogP contribution < -0.4 is 0 Å². The van der Waals surface area contributed by atoms with Crippen LogP contribution in [0.5, 0.6) is 0 Å². The fraction of sp³-hybridized carbons (Fsp3) is 0.956. The molecule has 64 heavy (non-hydrogen) atoms. The van der Waals surface area contributed by atoms with Crippen LogP contribution in [-0.4, -0.2) is 198 Å². The maximum atomic E-state index is 12.8. The topological polar surface area (TPSA) is 296 Å². The number of hydrogen-bond acceptors (Lipinski definition) is 19. The second-order valence-corrected chi connectivity index (χ2v) is 21.2. The highest BCUT2D eigenvalue weighted by Crippen LogP contribution is 2.72. The Labute approximate surface area is 373 Å². The summed E-state index contributed by atoms with van der Waals surface area (Å²) in [5.74, 6) is 0.691. The van der Waals surface area contributed by atoms with Gasteiger partial charge in [-0.2, -0.15) is 0 Å². The van der Waals surface area contributed by atoms with Crippen LogP contribution in [-0.2, 0) is 37.9 Å². The van der Waals surface area contributed by atoms with Crippen LogP contribution in [0.2, 0.25) is 0 Å². The molecule has 11 N–H and O–H groups in total. The fourth-order valence-corrected chi connectivity index (χ4v) is 14.0. The van der Waals surface area contributed by atoms with E-state index in [9.17, 15) is 56.2 Å². The molecule has 0 aromatic carbocycles. The average molecular weight is 917 g/mol. The van der Waals surface area contributed by atoms with E-state index in [1.165, 1.54) is 5.57 Å². The first-order chi connectivity index (χ1) is 30.3. The van der Waals surface area contributed by atoms with E-state index in [0.29, 0.717) is 43.1 Å². The minimum Gasteiger partial charge on any atom is -0.394 e. The van der Waals surface area contributed by atoms with Gasteiger partial charge in [0.2, 0.25) is 0 Å². The highest BCUT2D eigenvalue weighted by atomic mass is 16.8. The average Bonchev–Trinajstić information content (AvgIpc) is 3.64. The predicted octanol–water partition coefficient (Wildman–Crippen LogP) is -1.70. The van der Waals surface area contributed by atoms with E-state index in [1.54, 1.807) is 0 Å². The van der Waals surface area contributed by atoms with Gasteiger partial charge in [0.15, 0.2) is 24.7 Å². The highest BCUT2D eigenvalue weighted by molar-refractivity contribution is 5.29. The number of ether oxygens (including phenoxy) is 8. The summed E-state index contributed by atoms with van der Waals surface area (Å²) in [6.07, 6.45) is -15.8. The van der Waals surface area contributed by atoms with Gasteiger partial charge in [-0.05, 0) is 80.5 Å². The smallest absolute Gasteiger partial charge is 0.187 e. The molecule has 3 saturated carbocycles. The Morgan fingerprint density at radius 3 is 1.94 bits per heavy atom. The van der Waals surface area contributed by atoms with Gasteiger partial charge in [0, 0.05) is 17.8 Å². The van der Waals surface area contributed by atoms with E-state index in [1.807, 2.05) is 0 Å². The summed E-state index contributed by atoms with van der Waals surface area (Å²) in [6.45, 7) is 7.34. The molecule has 9 rings (SSSR count). The van der Waals surface area contributed by atoms with Crippen molar-refractivity contribution in [2.75, 3.05) is 26.4 Å². The second-order valence-electron chi connectivity index (χ2n) is 21.2. The second kappa shape index (κ2) is 17.7. The molecule has 19 nitrogen and oxygen atoms in total. The van der Waals surface area contributed by atoms with Crippen LogP contribution in [0.1, 0.15) is 85.5 Å². The largest absolute Gasteiger partial charge is 0.394 e. The zero-order valence-electron chi connectivity index (χ0n) is 37.2. The van der Waals surface area contributed by atoms with Gasteiger partial charge in [-0.15, -0.1) is 0 Å². The van der Waals surface area contributed by atoms with Crippen LogP contribution in [0.25, 0.3) is 0 Å². The van der Waals surface area contributed by atoms with Gasteiger partial charge in [0.05, 0.1) is 38.6 Å². The Balaban J connectivity index is 0.856. The Morgan fingerprint density at radius 2 is 1.27 bits per heavy atom. The van der Waals surface area contributed by atoms with Gasteiger partial charge in [-0.3, -0.25) is 0 Å². The van der Waals surface area contributed by atoms with Crippen molar-refractivity contribution in [2.45, 2.75) is 201 Å². The molecule has 0 bridgehead atoms. The molecular weight excluding hydrogens is 844 g/mol. The zero-order valence-corrected chi connectivity index (χ0v) is 37.2. The predicted molar refractivity (Wildman–Crippen MR) is 217 cm³/mol. The normalized spacial score (nSPS) is 57.4. The molecule has 5 saturated heterocycles. The molecule has 0 aromatic heterocycles. The molecule has 0 radical (unpaired) electrons.